The number of anilines is 1. The zero-order valence-corrected chi connectivity index (χ0v) is 16.6. The maximum atomic E-state index is 12.8. The molecule has 27 heavy (non-hydrogen) atoms. The first kappa shape index (κ1) is 20.9. The van der Waals surface area contributed by atoms with Crippen LogP contribution in [-0.2, 0) is 16.0 Å². The van der Waals surface area contributed by atoms with Gasteiger partial charge in [0.1, 0.15) is 5.82 Å². The Hall–Kier alpha value is -2.39. The molecule has 0 radical (unpaired) electrons. The van der Waals surface area contributed by atoms with E-state index in [0.29, 0.717) is 10.6 Å². The molecule has 2 aromatic rings. The second-order valence-corrected chi connectivity index (χ2v) is 7.74. The highest BCUT2D eigenvalue weighted by atomic mass is 32.2. The molecule has 144 valence electrons. The maximum Gasteiger partial charge on any atom is 0.279 e. The third-order valence-electron chi connectivity index (χ3n) is 3.48. The number of nitrogens with one attached hydrogen (secondary N) is 3. The Morgan fingerprint density at radius 1 is 1.07 bits per heavy atom. The van der Waals surface area contributed by atoms with E-state index in [1.54, 1.807) is 6.07 Å². The van der Waals surface area contributed by atoms with Crippen LogP contribution in [0, 0.1) is 12.7 Å². The van der Waals surface area contributed by atoms with Gasteiger partial charge in [-0.1, -0.05) is 6.92 Å². The van der Waals surface area contributed by atoms with Gasteiger partial charge in [-0.3, -0.25) is 25.2 Å². The molecule has 6 nitrogen and oxygen atoms in total. The maximum absolute atomic E-state index is 12.8. The van der Waals surface area contributed by atoms with Gasteiger partial charge < -0.3 is 5.32 Å². The van der Waals surface area contributed by atoms with Gasteiger partial charge in [0.05, 0.1) is 16.4 Å². The highest BCUT2D eigenvalue weighted by molar-refractivity contribution is 8.00. The molecule has 0 saturated carbocycles. The first-order valence-corrected chi connectivity index (χ1v) is 10.2. The van der Waals surface area contributed by atoms with E-state index < -0.39 is 5.91 Å². The molecule has 1 heterocycles. The van der Waals surface area contributed by atoms with Crippen LogP contribution in [0.2, 0.25) is 0 Å². The van der Waals surface area contributed by atoms with Crippen LogP contribution in [-0.4, -0.2) is 29.2 Å². The van der Waals surface area contributed by atoms with Crippen LogP contribution < -0.4 is 16.2 Å². The van der Waals surface area contributed by atoms with E-state index in [4.69, 9.17) is 0 Å². The zero-order valence-electron chi connectivity index (χ0n) is 14.9. The number of hydrogen-bond donors (Lipinski definition) is 3. The average molecular weight is 410 g/mol. The highest BCUT2D eigenvalue weighted by Crippen LogP contribution is 2.22. The molecule has 0 spiro atoms. The SMILES string of the molecule is CCc1sc(C(=O)NNC(=O)CSCC(=O)Nc2ccc(F)cc2)cc1C. The number of aryl methyl sites for hydroxylation is 2. The van der Waals surface area contributed by atoms with Crippen LogP contribution in [0.5, 0.6) is 0 Å². The van der Waals surface area contributed by atoms with Crippen molar-refractivity contribution < 1.29 is 18.8 Å². The minimum atomic E-state index is -0.410. The number of carbonyl (C=O) groups excluding carboxylic acids is 3. The minimum Gasteiger partial charge on any atom is -0.325 e. The molecule has 0 unspecified atom stereocenters. The Labute approximate surface area is 164 Å². The molecule has 0 fully saturated rings. The molecule has 0 atom stereocenters. The summed E-state index contributed by atoms with van der Waals surface area (Å²) in [6.45, 7) is 3.96. The molecule has 1 aromatic heterocycles. The van der Waals surface area contributed by atoms with Gasteiger partial charge >= 0.3 is 0 Å². The summed E-state index contributed by atoms with van der Waals surface area (Å²) in [5.74, 6) is -1.39. The van der Waals surface area contributed by atoms with Gasteiger partial charge in [0.15, 0.2) is 0 Å². The largest absolute Gasteiger partial charge is 0.325 e. The normalized spacial score (nSPS) is 10.3. The number of thiophene rings is 1. The van der Waals surface area contributed by atoms with Crippen molar-refractivity contribution >= 4 is 46.5 Å². The Bertz CT molecular complexity index is 822. The van der Waals surface area contributed by atoms with E-state index in [-0.39, 0.29) is 29.1 Å². The van der Waals surface area contributed by atoms with Crippen LogP contribution in [0.4, 0.5) is 10.1 Å². The number of halogens is 1. The molecule has 1 aromatic carbocycles. The van der Waals surface area contributed by atoms with Gasteiger partial charge in [-0.2, -0.15) is 0 Å². The first-order valence-electron chi connectivity index (χ1n) is 8.20. The fraction of sp³-hybridized carbons (Fsp3) is 0.278. The second-order valence-electron chi connectivity index (χ2n) is 5.62. The number of thioether (sulfide) groups is 1. The molecule has 0 saturated heterocycles. The lowest BCUT2D eigenvalue weighted by molar-refractivity contribution is -0.119. The smallest absolute Gasteiger partial charge is 0.279 e. The lowest BCUT2D eigenvalue weighted by atomic mass is 10.2. The van der Waals surface area contributed by atoms with Gasteiger partial charge in [0, 0.05) is 10.6 Å². The van der Waals surface area contributed by atoms with Crippen molar-refractivity contribution in [2.45, 2.75) is 20.3 Å². The Kier molecular flexibility index (Phi) is 7.81. The topological polar surface area (TPSA) is 87.3 Å². The van der Waals surface area contributed by atoms with E-state index in [1.807, 2.05) is 13.8 Å². The number of hydrazine groups is 1. The summed E-state index contributed by atoms with van der Waals surface area (Å²) >= 11 is 2.50. The summed E-state index contributed by atoms with van der Waals surface area (Å²) in [4.78, 5) is 37.2. The molecule has 2 rings (SSSR count). The number of carbonyl (C=O) groups is 3. The molecular formula is C18H20FN3O3S2. The summed E-state index contributed by atoms with van der Waals surface area (Å²) in [6.07, 6.45) is 0.854. The van der Waals surface area contributed by atoms with Gasteiger partial charge in [-0.15, -0.1) is 23.1 Å². The molecule has 9 heteroatoms. The van der Waals surface area contributed by atoms with Crippen LogP contribution >= 0.6 is 23.1 Å². The first-order chi connectivity index (χ1) is 12.9. The standard InChI is InChI=1S/C18H20FN3O3S2/c1-3-14-11(2)8-15(27-14)18(25)22-21-17(24)10-26-9-16(23)20-13-6-4-12(19)5-7-13/h4-8H,3,9-10H2,1-2H3,(H,20,23)(H,21,24)(H,22,25). The van der Waals surface area contributed by atoms with Crippen LogP contribution in [0.25, 0.3) is 0 Å². The third kappa shape index (κ3) is 6.69. The minimum absolute atomic E-state index is 0.0147. The number of benzene rings is 1. The van der Waals surface area contributed by atoms with Crippen LogP contribution in [0.1, 0.15) is 27.0 Å². The van der Waals surface area contributed by atoms with Gasteiger partial charge in [-0.05, 0) is 49.2 Å². The molecule has 0 aliphatic carbocycles. The van der Waals surface area contributed by atoms with Crippen molar-refractivity contribution in [3.05, 3.63) is 51.5 Å². The van der Waals surface area contributed by atoms with E-state index in [0.717, 1.165) is 28.6 Å². The van der Waals surface area contributed by atoms with Gasteiger partial charge in [0.25, 0.3) is 5.91 Å². The van der Waals surface area contributed by atoms with Crippen LogP contribution in [0.3, 0.4) is 0 Å². The van der Waals surface area contributed by atoms with Crippen molar-refractivity contribution in [3.8, 4) is 0 Å². The lowest BCUT2D eigenvalue weighted by Gasteiger charge is -2.07. The average Bonchev–Trinajstić information content (AvgIpc) is 3.02. The van der Waals surface area contributed by atoms with Crippen molar-refractivity contribution in [1.82, 2.24) is 10.9 Å². The fourth-order valence-corrected chi connectivity index (χ4v) is 3.80. The molecule has 3 N–H and O–H groups in total. The summed E-state index contributed by atoms with van der Waals surface area (Å²) in [5.41, 5.74) is 6.24. The summed E-state index contributed by atoms with van der Waals surface area (Å²) in [6, 6.07) is 7.20. The Morgan fingerprint density at radius 2 is 1.74 bits per heavy atom. The van der Waals surface area contributed by atoms with E-state index >= 15 is 0 Å². The molecular weight excluding hydrogens is 389 g/mol. The zero-order chi connectivity index (χ0) is 19.8. The van der Waals surface area contributed by atoms with E-state index in [1.165, 1.54) is 35.6 Å². The van der Waals surface area contributed by atoms with Crippen molar-refractivity contribution in [2.24, 2.45) is 0 Å². The quantitative estimate of drug-likeness (QED) is 0.614. The van der Waals surface area contributed by atoms with Crippen LogP contribution in [0.15, 0.2) is 30.3 Å². The predicted octanol–water partition coefficient (Wildman–Crippen LogP) is 2.89. The van der Waals surface area contributed by atoms with E-state index in [9.17, 15) is 18.8 Å². The predicted molar refractivity (Wildman–Crippen MR) is 106 cm³/mol. The number of rotatable bonds is 7. The van der Waals surface area contributed by atoms with Crippen molar-refractivity contribution in [1.29, 1.82) is 0 Å². The fourth-order valence-electron chi connectivity index (χ4n) is 2.17. The second kappa shape index (κ2) is 10.1. The van der Waals surface area contributed by atoms with Crippen molar-refractivity contribution in [3.63, 3.8) is 0 Å². The highest BCUT2D eigenvalue weighted by Gasteiger charge is 2.13. The molecule has 0 aliphatic heterocycles. The lowest BCUT2D eigenvalue weighted by Crippen LogP contribution is -2.42. The molecule has 0 bridgehead atoms. The van der Waals surface area contributed by atoms with Gasteiger partial charge in [-0.25, -0.2) is 4.39 Å². The van der Waals surface area contributed by atoms with Crippen molar-refractivity contribution in [2.75, 3.05) is 16.8 Å². The third-order valence-corrected chi connectivity index (χ3v) is 5.79. The number of hydrogen-bond acceptors (Lipinski definition) is 5. The summed E-state index contributed by atoms with van der Waals surface area (Å²) in [7, 11) is 0. The monoisotopic (exact) mass is 409 g/mol. The van der Waals surface area contributed by atoms with E-state index in [2.05, 4.69) is 16.2 Å². The molecule has 3 amide bonds. The van der Waals surface area contributed by atoms with Gasteiger partial charge in [0.2, 0.25) is 11.8 Å². The molecule has 0 aliphatic rings. The summed E-state index contributed by atoms with van der Waals surface area (Å²) < 4.78 is 12.8. The Balaban J connectivity index is 1.67. The summed E-state index contributed by atoms with van der Waals surface area (Å²) in [5, 5.41) is 2.60. The number of amides is 3. The Morgan fingerprint density at radius 3 is 2.37 bits per heavy atom.